The molecule has 3 rings (SSSR count). The highest BCUT2D eigenvalue weighted by Gasteiger charge is 2.37. The number of likely N-dealkylation sites (N-methyl/N-ethyl adjacent to an activating group) is 1. The van der Waals surface area contributed by atoms with Crippen molar-refractivity contribution in [3.8, 4) is 0 Å². The van der Waals surface area contributed by atoms with Crippen molar-refractivity contribution in [1.29, 1.82) is 0 Å². The second-order valence-corrected chi connectivity index (χ2v) is 5.94. The van der Waals surface area contributed by atoms with Gasteiger partial charge in [0.2, 0.25) is 0 Å². The molecule has 2 atom stereocenters. The predicted octanol–water partition coefficient (Wildman–Crippen LogP) is 2.01. The Balaban J connectivity index is 1.38. The van der Waals surface area contributed by atoms with Gasteiger partial charge >= 0.3 is 6.09 Å². The molecule has 1 amide bonds. The summed E-state index contributed by atoms with van der Waals surface area (Å²) in [5.41, 5.74) is 0.764. The highest BCUT2D eigenvalue weighted by atomic mass is 16.5. The minimum atomic E-state index is -0.377. The average molecular weight is 289 g/mol. The third-order valence-electron chi connectivity index (χ3n) is 4.58. The van der Waals surface area contributed by atoms with Gasteiger partial charge in [-0.2, -0.15) is 0 Å². The number of para-hydroxylation sites is 1. The summed E-state index contributed by atoms with van der Waals surface area (Å²) in [7, 11) is 2.23. The van der Waals surface area contributed by atoms with Crippen molar-refractivity contribution in [1.82, 2.24) is 9.80 Å². The van der Waals surface area contributed by atoms with E-state index in [2.05, 4.69) is 22.2 Å². The molecule has 1 aromatic rings. The number of ether oxygens (including phenoxy) is 1. The molecule has 2 bridgehead atoms. The van der Waals surface area contributed by atoms with Gasteiger partial charge in [-0.25, -0.2) is 4.79 Å². The Kier molecular flexibility index (Phi) is 4.41. The van der Waals surface area contributed by atoms with Gasteiger partial charge in [0.25, 0.3) is 0 Å². The summed E-state index contributed by atoms with van der Waals surface area (Å²) in [4.78, 5) is 16.6. The summed E-state index contributed by atoms with van der Waals surface area (Å²) in [5.74, 6) is 0. The lowest BCUT2D eigenvalue weighted by atomic mass is 10.2. The molecule has 5 heteroatoms. The van der Waals surface area contributed by atoms with Crippen LogP contribution in [-0.4, -0.2) is 61.3 Å². The van der Waals surface area contributed by atoms with Crippen molar-refractivity contribution in [3.05, 3.63) is 30.3 Å². The Bertz CT molecular complexity index is 466. The van der Waals surface area contributed by atoms with Gasteiger partial charge in [-0.1, -0.05) is 18.2 Å². The van der Waals surface area contributed by atoms with Crippen LogP contribution in [0.25, 0.3) is 0 Å². The minimum Gasteiger partial charge on any atom is -0.448 e. The number of benzene rings is 1. The quantitative estimate of drug-likeness (QED) is 0.921. The van der Waals surface area contributed by atoms with Gasteiger partial charge in [0, 0.05) is 37.4 Å². The molecule has 0 aliphatic carbocycles. The van der Waals surface area contributed by atoms with E-state index in [9.17, 15) is 4.79 Å². The lowest BCUT2D eigenvalue weighted by Gasteiger charge is -2.38. The summed E-state index contributed by atoms with van der Waals surface area (Å²) in [5, 5.41) is 2.73. The Hall–Kier alpha value is -1.59. The number of nitrogens with zero attached hydrogens (tertiary/aromatic N) is 2. The highest BCUT2D eigenvalue weighted by molar-refractivity contribution is 5.84. The van der Waals surface area contributed by atoms with Crippen molar-refractivity contribution < 1.29 is 9.53 Å². The largest absolute Gasteiger partial charge is 0.448 e. The third-order valence-corrected chi connectivity index (χ3v) is 4.58. The van der Waals surface area contributed by atoms with Crippen LogP contribution >= 0.6 is 0 Å². The van der Waals surface area contributed by atoms with Gasteiger partial charge in [-0.3, -0.25) is 15.1 Å². The monoisotopic (exact) mass is 289 g/mol. The molecule has 2 aliphatic heterocycles. The first kappa shape index (κ1) is 14.4. The van der Waals surface area contributed by atoms with Crippen molar-refractivity contribution in [3.63, 3.8) is 0 Å². The van der Waals surface area contributed by atoms with E-state index < -0.39 is 0 Å². The number of hydrogen-bond donors (Lipinski definition) is 1. The predicted molar refractivity (Wildman–Crippen MR) is 82.4 cm³/mol. The number of rotatable bonds is 4. The number of carbonyl (C=O) groups excluding carboxylic acids is 1. The standard InChI is InChI=1S/C16H23N3O2/c1-18-14-7-8-15(18)12-19(11-14)9-10-21-16(20)17-13-5-3-2-4-6-13/h2-6,14-15H,7-12H2,1H3,(H,17,20). The average Bonchev–Trinajstić information content (AvgIpc) is 2.71. The van der Waals surface area contributed by atoms with E-state index in [1.165, 1.54) is 12.8 Å². The number of piperazine rings is 1. The molecule has 2 unspecified atom stereocenters. The summed E-state index contributed by atoms with van der Waals surface area (Å²) < 4.78 is 5.26. The number of hydrogen-bond acceptors (Lipinski definition) is 4. The summed E-state index contributed by atoms with van der Waals surface area (Å²) >= 11 is 0. The Morgan fingerprint density at radius 1 is 1.24 bits per heavy atom. The Morgan fingerprint density at radius 2 is 1.90 bits per heavy atom. The first-order valence-electron chi connectivity index (χ1n) is 7.65. The van der Waals surface area contributed by atoms with E-state index >= 15 is 0 Å². The van der Waals surface area contributed by atoms with Crippen LogP contribution in [0.2, 0.25) is 0 Å². The van der Waals surface area contributed by atoms with Crippen molar-refractivity contribution in [2.24, 2.45) is 0 Å². The lowest BCUT2D eigenvalue weighted by molar-refractivity contribution is 0.0700. The van der Waals surface area contributed by atoms with Crippen LogP contribution in [0.3, 0.4) is 0 Å². The van der Waals surface area contributed by atoms with Gasteiger partial charge in [-0.05, 0) is 32.0 Å². The van der Waals surface area contributed by atoms with Gasteiger partial charge in [0.1, 0.15) is 6.61 Å². The van der Waals surface area contributed by atoms with E-state index in [0.29, 0.717) is 18.7 Å². The number of amides is 1. The fraction of sp³-hybridized carbons (Fsp3) is 0.562. The molecule has 2 saturated heterocycles. The highest BCUT2D eigenvalue weighted by Crippen LogP contribution is 2.27. The second-order valence-electron chi connectivity index (χ2n) is 5.94. The molecule has 2 fully saturated rings. The molecule has 0 aromatic heterocycles. The van der Waals surface area contributed by atoms with E-state index in [0.717, 1.165) is 25.3 Å². The maximum atomic E-state index is 11.7. The molecule has 2 heterocycles. The van der Waals surface area contributed by atoms with Crippen LogP contribution in [-0.2, 0) is 4.74 Å². The number of anilines is 1. The van der Waals surface area contributed by atoms with E-state index in [1.807, 2.05) is 30.3 Å². The number of nitrogens with one attached hydrogen (secondary N) is 1. The zero-order valence-electron chi connectivity index (χ0n) is 12.5. The maximum absolute atomic E-state index is 11.7. The fourth-order valence-electron chi connectivity index (χ4n) is 3.33. The SMILES string of the molecule is CN1C2CCC1CN(CCOC(=O)Nc1ccccc1)C2. The number of carbonyl (C=O) groups is 1. The summed E-state index contributed by atoms with van der Waals surface area (Å²) in [6, 6.07) is 10.7. The van der Waals surface area contributed by atoms with Gasteiger partial charge < -0.3 is 4.74 Å². The second kappa shape index (κ2) is 6.45. The smallest absolute Gasteiger partial charge is 0.411 e. The van der Waals surface area contributed by atoms with Crippen LogP contribution in [0.5, 0.6) is 0 Å². The zero-order chi connectivity index (χ0) is 14.7. The normalized spacial score (nSPS) is 25.8. The number of fused-ring (bicyclic) bond motifs is 2. The molecule has 1 N–H and O–H groups in total. The van der Waals surface area contributed by atoms with Gasteiger partial charge in [0.05, 0.1) is 0 Å². The topological polar surface area (TPSA) is 44.8 Å². The van der Waals surface area contributed by atoms with Crippen molar-refractivity contribution in [2.45, 2.75) is 24.9 Å². The summed E-state index contributed by atoms with van der Waals surface area (Å²) in [6.45, 7) is 3.46. The Labute approximate surface area is 125 Å². The minimum absolute atomic E-state index is 0.377. The molecule has 0 saturated carbocycles. The van der Waals surface area contributed by atoms with Crippen LogP contribution in [0.4, 0.5) is 10.5 Å². The molecule has 21 heavy (non-hydrogen) atoms. The van der Waals surface area contributed by atoms with Crippen LogP contribution in [0.15, 0.2) is 30.3 Å². The first-order chi connectivity index (χ1) is 10.2. The Morgan fingerprint density at radius 3 is 2.57 bits per heavy atom. The zero-order valence-corrected chi connectivity index (χ0v) is 12.5. The fourth-order valence-corrected chi connectivity index (χ4v) is 3.33. The van der Waals surface area contributed by atoms with Crippen LogP contribution in [0, 0.1) is 0 Å². The van der Waals surface area contributed by atoms with Crippen LogP contribution < -0.4 is 5.32 Å². The molecule has 5 nitrogen and oxygen atoms in total. The van der Waals surface area contributed by atoms with Gasteiger partial charge in [0.15, 0.2) is 0 Å². The maximum Gasteiger partial charge on any atom is 0.411 e. The van der Waals surface area contributed by atoms with Gasteiger partial charge in [-0.15, -0.1) is 0 Å². The molecule has 2 aliphatic rings. The van der Waals surface area contributed by atoms with Crippen molar-refractivity contribution >= 4 is 11.8 Å². The van der Waals surface area contributed by atoms with E-state index in [-0.39, 0.29) is 6.09 Å². The third kappa shape index (κ3) is 3.54. The molecular formula is C16H23N3O2. The van der Waals surface area contributed by atoms with E-state index in [1.54, 1.807) is 0 Å². The molecule has 0 spiro atoms. The summed E-state index contributed by atoms with van der Waals surface area (Å²) in [6.07, 6.45) is 2.22. The lowest BCUT2D eigenvalue weighted by Crippen LogP contribution is -2.52. The van der Waals surface area contributed by atoms with Crippen molar-refractivity contribution in [2.75, 3.05) is 38.6 Å². The molecular weight excluding hydrogens is 266 g/mol. The van der Waals surface area contributed by atoms with E-state index in [4.69, 9.17) is 4.74 Å². The van der Waals surface area contributed by atoms with Crippen LogP contribution in [0.1, 0.15) is 12.8 Å². The number of likely N-dealkylation sites (tertiary alicyclic amines) is 1. The molecule has 114 valence electrons. The molecule has 1 aromatic carbocycles. The molecule has 0 radical (unpaired) electrons. The first-order valence-corrected chi connectivity index (χ1v) is 7.65.